The second kappa shape index (κ2) is 6.47. The lowest BCUT2D eigenvalue weighted by molar-refractivity contribution is -0.383. The molecule has 2 rings (SSSR count). The molecule has 0 unspecified atom stereocenters. The first kappa shape index (κ1) is 14.4. The number of benzene rings is 1. The number of nitro benzene ring substituents is 1. The molecule has 2 N–H and O–H groups in total. The zero-order chi connectivity index (χ0) is 15.2. The maximum absolute atomic E-state index is 11.8. The monoisotopic (exact) mass is 287 g/mol. The van der Waals surface area contributed by atoms with Crippen molar-refractivity contribution in [3.8, 4) is 0 Å². The van der Waals surface area contributed by atoms with E-state index in [2.05, 4.69) is 4.98 Å². The number of nitro groups is 1. The first-order valence-corrected chi connectivity index (χ1v) is 6.18. The molecular weight excluding hydrogens is 274 g/mol. The normalized spacial score (nSPS) is 10.1. The molecule has 0 aliphatic carbocycles. The van der Waals surface area contributed by atoms with E-state index in [4.69, 9.17) is 10.5 Å². The van der Waals surface area contributed by atoms with Crippen LogP contribution in [-0.2, 0) is 11.2 Å². The molecule has 0 atom stereocenters. The second-order valence-electron chi connectivity index (χ2n) is 4.28. The van der Waals surface area contributed by atoms with Gasteiger partial charge in [-0.05, 0) is 23.8 Å². The van der Waals surface area contributed by atoms with Gasteiger partial charge in [0.1, 0.15) is 5.69 Å². The number of nitrogen functional groups attached to an aromatic ring is 1. The van der Waals surface area contributed by atoms with Crippen LogP contribution in [0.5, 0.6) is 0 Å². The van der Waals surface area contributed by atoms with Crippen molar-refractivity contribution < 1.29 is 14.5 Å². The Bertz CT molecular complexity index is 659. The molecule has 0 amide bonds. The Morgan fingerprint density at radius 2 is 2.19 bits per heavy atom. The SMILES string of the molecule is Nc1ccc(C(=O)OCCc2cccnc2)cc1[N+](=O)[O-]. The number of carbonyl (C=O) groups is 1. The summed E-state index contributed by atoms with van der Waals surface area (Å²) < 4.78 is 5.08. The molecule has 0 bridgehead atoms. The third kappa shape index (κ3) is 3.75. The molecule has 0 radical (unpaired) electrons. The van der Waals surface area contributed by atoms with Crippen LogP contribution in [-0.4, -0.2) is 22.5 Å². The summed E-state index contributed by atoms with van der Waals surface area (Å²) in [5, 5.41) is 10.8. The second-order valence-corrected chi connectivity index (χ2v) is 4.28. The molecule has 0 spiro atoms. The van der Waals surface area contributed by atoms with Gasteiger partial charge in [0.15, 0.2) is 0 Å². The maximum atomic E-state index is 11.8. The van der Waals surface area contributed by atoms with Crippen molar-refractivity contribution in [1.82, 2.24) is 4.98 Å². The Morgan fingerprint density at radius 1 is 1.38 bits per heavy atom. The fraction of sp³-hybridized carbons (Fsp3) is 0.143. The van der Waals surface area contributed by atoms with Crippen LogP contribution in [0.2, 0.25) is 0 Å². The minimum absolute atomic E-state index is 0.00640. The van der Waals surface area contributed by atoms with E-state index in [0.717, 1.165) is 11.6 Å². The molecule has 1 aromatic heterocycles. The van der Waals surface area contributed by atoms with Crippen LogP contribution >= 0.6 is 0 Å². The van der Waals surface area contributed by atoms with Crippen molar-refractivity contribution in [3.05, 3.63) is 64.0 Å². The van der Waals surface area contributed by atoms with Crippen molar-refractivity contribution in [2.75, 3.05) is 12.3 Å². The van der Waals surface area contributed by atoms with Gasteiger partial charge in [0.25, 0.3) is 5.69 Å². The average Bonchev–Trinajstić information content (AvgIpc) is 2.48. The number of pyridine rings is 1. The van der Waals surface area contributed by atoms with Gasteiger partial charge in [0, 0.05) is 24.9 Å². The van der Waals surface area contributed by atoms with Crippen LogP contribution in [0.25, 0.3) is 0 Å². The van der Waals surface area contributed by atoms with Crippen LogP contribution in [0, 0.1) is 10.1 Å². The number of esters is 1. The quantitative estimate of drug-likeness (QED) is 0.390. The molecule has 0 saturated heterocycles. The summed E-state index contributed by atoms with van der Waals surface area (Å²) in [6.07, 6.45) is 3.86. The molecule has 0 saturated carbocycles. The zero-order valence-corrected chi connectivity index (χ0v) is 11.1. The van der Waals surface area contributed by atoms with Gasteiger partial charge in [-0.1, -0.05) is 6.07 Å². The summed E-state index contributed by atoms with van der Waals surface area (Å²) in [5.41, 5.74) is 6.20. The fourth-order valence-corrected chi connectivity index (χ4v) is 1.72. The fourth-order valence-electron chi connectivity index (χ4n) is 1.72. The Labute approximate surface area is 120 Å². The van der Waals surface area contributed by atoms with E-state index in [0.29, 0.717) is 6.42 Å². The van der Waals surface area contributed by atoms with E-state index >= 15 is 0 Å². The van der Waals surface area contributed by atoms with Crippen LogP contribution in [0.15, 0.2) is 42.7 Å². The van der Waals surface area contributed by atoms with Gasteiger partial charge >= 0.3 is 5.97 Å². The standard InChI is InChI=1S/C14H13N3O4/c15-12-4-3-11(8-13(12)17(19)20)14(18)21-7-5-10-2-1-6-16-9-10/h1-4,6,8-9H,5,7,15H2. The van der Waals surface area contributed by atoms with Crippen LogP contribution < -0.4 is 5.73 Å². The first-order chi connectivity index (χ1) is 10.1. The zero-order valence-electron chi connectivity index (χ0n) is 11.1. The lowest BCUT2D eigenvalue weighted by atomic mass is 10.2. The molecule has 7 nitrogen and oxygen atoms in total. The average molecular weight is 287 g/mol. The van der Waals surface area contributed by atoms with E-state index in [1.165, 1.54) is 12.1 Å². The number of nitrogens with two attached hydrogens (primary N) is 1. The van der Waals surface area contributed by atoms with E-state index in [1.54, 1.807) is 18.5 Å². The molecule has 0 aliphatic heterocycles. The Balaban J connectivity index is 1.97. The van der Waals surface area contributed by atoms with Gasteiger partial charge in [0.05, 0.1) is 17.1 Å². The van der Waals surface area contributed by atoms with Crippen molar-refractivity contribution in [1.29, 1.82) is 0 Å². The minimum Gasteiger partial charge on any atom is -0.462 e. The van der Waals surface area contributed by atoms with Crippen molar-refractivity contribution >= 4 is 17.3 Å². The number of nitrogens with zero attached hydrogens (tertiary/aromatic N) is 2. The highest BCUT2D eigenvalue weighted by molar-refractivity contribution is 5.91. The van der Waals surface area contributed by atoms with Gasteiger partial charge < -0.3 is 10.5 Å². The molecule has 108 valence electrons. The number of ether oxygens (including phenoxy) is 1. The van der Waals surface area contributed by atoms with E-state index in [-0.39, 0.29) is 23.5 Å². The van der Waals surface area contributed by atoms with Crippen LogP contribution in [0.4, 0.5) is 11.4 Å². The summed E-state index contributed by atoms with van der Waals surface area (Å²) >= 11 is 0. The third-order valence-corrected chi connectivity index (χ3v) is 2.81. The predicted octanol–water partition coefficient (Wildman–Crippen LogP) is 1.97. The smallest absolute Gasteiger partial charge is 0.338 e. The summed E-state index contributed by atoms with van der Waals surface area (Å²) in [7, 11) is 0. The van der Waals surface area contributed by atoms with E-state index in [1.807, 2.05) is 6.07 Å². The number of hydrogen-bond donors (Lipinski definition) is 1. The third-order valence-electron chi connectivity index (χ3n) is 2.81. The van der Waals surface area contributed by atoms with E-state index < -0.39 is 10.9 Å². The number of carbonyl (C=O) groups excluding carboxylic acids is 1. The molecule has 7 heteroatoms. The molecule has 0 aliphatic rings. The summed E-state index contributed by atoms with van der Waals surface area (Å²) in [6.45, 7) is 0.169. The Kier molecular flexibility index (Phi) is 4.45. The highest BCUT2D eigenvalue weighted by Crippen LogP contribution is 2.22. The first-order valence-electron chi connectivity index (χ1n) is 6.18. The van der Waals surface area contributed by atoms with Crippen LogP contribution in [0.3, 0.4) is 0 Å². The predicted molar refractivity (Wildman–Crippen MR) is 75.7 cm³/mol. The van der Waals surface area contributed by atoms with Crippen molar-refractivity contribution in [3.63, 3.8) is 0 Å². The summed E-state index contributed by atoms with van der Waals surface area (Å²) in [6, 6.07) is 7.49. The van der Waals surface area contributed by atoms with Crippen molar-refractivity contribution in [2.24, 2.45) is 0 Å². The van der Waals surface area contributed by atoms with E-state index in [9.17, 15) is 14.9 Å². The van der Waals surface area contributed by atoms with Gasteiger partial charge in [-0.3, -0.25) is 15.1 Å². The van der Waals surface area contributed by atoms with Gasteiger partial charge in [-0.2, -0.15) is 0 Å². The number of hydrogen-bond acceptors (Lipinski definition) is 6. The summed E-state index contributed by atoms with van der Waals surface area (Å²) in [4.78, 5) is 25.9. The Morgan fingerprint density at radius 3 is 2.86 bits per heavy atom. The molecule has 2 aromatic rings. The lowest BCUT2D eigenvalue weighted by Gasteiger charge is -2.05. The molecular formula is C14H13N3O4. The van der Waals surface area contributed by atoms with Crippen LogP contribution in [0.1, 0.15) is 15.9 Å². The highest BCUT2D eigenvalue weighted by Gasteiger charge is 2.16. The molecule has 1 heterocycles. The van der Waals surface area contributed by atoms with Gasteiger partial charge in [-0.15, -0.1) is 0 Å². The molecule has 1 aromatic carbocycles. The number of aromatic nitrogens is 1. The topological polar surface area (TPSA) is 108 Å². The largest absolute Gasteiger partial charge is 0.462 e. The highest BCUT2D eigenvalue weighted by atomic mass is 16.6. The van der Waals surface area contributed by atoms with Gasteiger partial charge in [-0.25, -0.2) is 4.79 Å². The maximum Gasteiger partial charge on any atom is 0.338 e. The van der Waals surface area contributed by atoms with Gasteiger partial charge in [0.2, 0.25) is 0 Å². The Hall–Kier alpha value is -2.96. The molecule has 21 heavy (non-hydrogen) atoms. The van der Waals surface area contributed by atoms with Crippen molar-refractivity contribution in [2.45, 2.75) is 6.42 Å². The summed E-state index contributed by atoms with van der Waals surface area (Å²) in [5.74, 6) is -0.623. The lowest BCUT2D eigenvalue weighted by Crippen LogP contribution is -2.09. The number of anilines is 1. The number of rotatable bonds is 5. The minimum atomic E-state index is -0.637. The molecule has 0 fully saturated rings.